The molecule has 0 bridgehead atoms. The van der Waals surface area contributed by atoms with Gasteiger partial charge in [-0.3, -0.25) is 9.78 Å². The summed E-state index contributed by atoms with van der Waals surface area (Å²) in [6.07, 6.45) is 1.73. The van der Waals surface area contributed by atoms with Gasteiger partial charge < -0.3 is 5.32 Å². The van der Waals surface area contributed by atoms with Gasteiger partial charge in [-0.05, 0) is 36.1 Å². The monoisotopic (exact) mass is 391 g/mol. The first kappa shape index (κ1) is 17.6. The Labute approximate surface area is 165 Å². The van der Waals surface area contributed by atoms with Crippen LogP contribution in [0.3, 0.4) is 0 Å². The zero-order valence-electron chi connectivity index (χ0n) is 14.6. The molecule has 0 aliphatic rings. The molecule has 0 spiro atoms. The van der Waals surface area contributed by atoms with Crippen molar-refractivity contribution in [3.05, 3.63) is 93.3 Å². The van der Waals surface area contributed by atoms with Crippen LogP contribution in [0.4, 0.5) is 0 Å². The van der Waals surface area contributed by atoms with Gasteiger partial charge in [0.15, 0.2) is 0 Å². The van der Waals surface area contributed by atoms with Crippen LogP contribution in [0.2, 0.25) is 0 Å². The Morgan fingerprint density at radius 1 is 1.04 bits per heavy atom. The number of benzene rings is 1. The van der Waals surface area contributed by atoms with Gasteiger partial charge in [0.1, 0.15) is 9.88 Å². The maximum Gasteiger partial charge on any atom is 0.264 e. The molecular formula is C21H17N3OS2. The van der Waals surface area contributed by atoms with Crippen LogP contribution in [-0.4, -0.2) is 15.9 Å². The maximum absolute atomic E-state index is 13.0. The third-order valence-corrected chi connectivity index (χ3v) is 6.24. The first-order valence-corrected chi connectivity index (χ1v) is 10.2. The Bertz CT molecular complexity index is 1030. The predicted molar refractivity (Wildman–Crippen MR) is 110 cm³/mol. The van der Waals surface area contributed by atoms with Crippen LogP contribution in [0, 0.1) is 6.92 Å². The van der Waals surface area contributed by atoms with Crippen molar-refractivity contribution in [2.24, 2.45) is 0 Å². The highest BCUT2D eigenvalue weighted by atomic mass is 32.1. The molecule has 4 rings (SSSR count). The van der Waals surface area contributed by atoms with Crippen LogP contribution in [0.25, 0.3) is 10.7 Å². The van der Waals surface area contributed by atoms with Crippen LogP contribution in [0.15, 0.2) is 72.2 Å². The van der Waals surface area contributed by atoms with E-state index in [1.54, 1.807) is 17.5 Å². The van der Waals surface area contributed by atoms with Crippen LogP contribution < -0.4 is 5.32 Å². The number of amides is 1. The second kappa shape index (κ2) is 7.82. The fourth-order valence-corrected chi connectivity index (χ4v) is 4.57. The molecule has 0 saturated carbocycles. The number of nitrogens with one attached hydrogen (secondary N) is 1. The molecule has 4 nitrogen and oxygen atoms in total. The third-order valence-electron chi connectivity index (χ3n) is 4.12. The summed E-state index contributed by atoms with van der Waals surface area (Å²) in [5.74, 6) is -0.116. The molecule has 1 atom stereocenters. The van der Waals surface area contributed by atoms with E-state index in [0.29, 0.717) is 4.88 Å². The standard InChI is InChI=1S/C21H17N3OS2/c1-14-19(27-21(23-14)16-10-5-6-12-22-16)20(25)24-18(17-11-7-13-26-17)15-8-3-2-4-9-15/h2-13,18H,1H3,(H,24,25)/t18-/m1/s1. The summed E-state index contributed by atoms with van der Waals surface area (Å²) in [5.41, 5.74) is 2.55. The summed E-state index contributed by atoms with van der Waals surface area (Å²) < 4.78 is 0. The van der Waals surface area contributed by atoms with Gasteiger partial charge in [0.05, 0.1) is 17.4 Å². The van der Waals surface area contributed by atoms with Crippen molar-refractivity contribution in [2.75, 3.05) is 0 Å². The number of thiophene rings is 1. The molecule has 0 saturated heterocycles. The van der Waals surface area contributed by atoms with Crippen LogP contribution in [-0.2, 0) is 0 Å². The zero-order chi connectivity index (χ0) is 18.6. The third kappa shape index (κ3) is 3.82. The molecule has 1 amide bonds. The molecular weight excluding hydrogens is 374 g/mol. The second-order valence-corrected chi connectivity index (χ2v) is 7.96. The minimum Gasteiger partial charge on any atom is -0.340 e. The molecule has 0 unspecified atom stereocenters. The van der Waals surface area contributed by atoms with E-state index in [9.17, 15) is 4.79 Å². The average Bonchev–Trinajstić information content (AvgIpc) is 3.37. The Morgan fingerprint density at radius 2 is 1.85 bits per heavy atom. The molecule has 4 aromatic rings. The highest BCUT2D eigenvalue weighted by molar-refractivity contribution is 7.17. The molecule has 27 heavy (non-hydrogen) atoms. The largest absolute Gasteiger partial charge is 0.340 e. The van der Waals surface area contributed by atoms with E-state index < -0.39 is 0 Å². The van der Waals surface area contributed by atoms with Gasteiger partial charge in [0.2, 0.25) is 0 Å². The average molecular weight is 392 g/mol. The lowest BCUT2D eigenvalue weighted by Crippen LogP contribution is -2.28. The highest BCUT2D eigenvalue weighted by Crippen LogP contribution is 2.29. The summed E-state index contributed by atoms with van der Waals surface area (Å²) in [7, 11) is 0. The number of aromatic nitrogens is 2. The van der Waals surface area contributed by atoms with Crippen molar-refractivity contribution >= 4 is 28.6 Å². The summed E-state index contributed by atoms with van der Waals surface area (Å²) >= 11 is 3.01. The molecule has 3 aromatic heterocycles. The highest BCUT2D eigenvalue weighted by Gasteiger charge is 2.22. The van der Waals surface area contributed by atoms with E-state index >= 15 is 0 Å². The second-order valence-electron chi connectivity index (χ2n) is 5.98. The van der Waals surface area contributed by atoms with Crippen molar-refractivity contribution in [2.45, 2.75) is 13.0 Å². The van der Waals surface area contributed by atoms with E-state index in [1.165, 1.54) is 11.3 Å². The molecule has 3 heterocycles. The van der Waals surface area contributed by atoms with E-state index in [1.807, 2.05) is 73.0 Å². The van der Waals surface area contributed by atoms with Crippen LogP contribution in [0.1, 0.15) is 31.8 Å². The zero-order valence-corrected chi connectivity index (χ0v) is 16.3. The van der Waals surface area contributed by atoms with E-state index in [-0.39, 0.29) is 11.9 Å². The lowest BCUT2D eigenvalue weighted by atomic mass is 10.1. The Morgan fingerprint density at radius 3 is 2.56 bits per heavy atom. The van der Waals surface area contributed by atoms with E-state index in [0.717, 1.165) is 26.8 Å². The van der Waals surface area contributed by atoms with Crippen LogP contribution in [0.5, 0.6) is 0 Å². The lowest BCUT2D eigenvalue weighted by Gasteiger charge is -2.17. The minimum absolute atomic E-state index is 0.116. The summed E-state index contributed by atoms with van der Waals surface area (Å²) in [6, 6.07) is 19.6. The Hall–Kier alpha value is -2.83. The first-order valence-electron chi connectivity index (χ1n) is 8.50. The van der Waals surface area contributed by atoms with Gasteiger partial charge in [0, 0.05) is 11.1 Å². The minimum atomic E-state index is -0.182. The lowest BCUT2D eigenvalue weighted by molar-refractivity contribution is 0.0947. The number of aryl methyl sites for hydroxylation is 1. The van der Waals surface area contributed by atoms with Crippen LogP contribution >= 0.6 is 22.7 Å². The molecule has 134 valence electrons. The number of nitrogens with zero attached hydrogens (tertiary/aromatic N) is 2. The van der Waals surface area contributed by atoms with Crippen molar-refractivity contribution in [3.8, 4) is 10.7 Å². The van der Waals surface area contributed by atoms with Gasteiger partial charge in [0.25, 0.3) is 5.91 Å². The van der Waals surface area contributed by atoms with Crippen molar-refractivity contribution in [1.29, 1.82) is 0 Å². The fraction of sp³-hybridized carbons (Fsp3) is 0.0952. The number of carbonyl (C=O) groups is 1. The molecule has 1 aromatic carbocycles. The topological polar surface area (TPSA) is 54.9 Å². The summed E-state index contributed by atoms with van der Waals surface area (Å²) in [6.45, 7) is 1.86. The summed E-state index contributed by atoms with van der Waals surface area (Å²) in [4.78, 5) is 23.6. The van der Waals surface area contributed by atoms with Gasteiger partial charge in [-0.25, -0.2) is 4.98 Å². The number of carbonyl (C=O) groups excluding carboxylic acids is 1. The van der Waals surface area contributed by atoms with Crippen molar-refractivity contribution in [1.82, 2.24) is 15.3 Å². The van der Waals surface area contributed by atoms with Crippen molar-refractivity contribution < 1.29 is 4.79 Å². The molecule has 1 N–H and O–H groups in total. The molecule has 6 heteroatoms. The molecule has 0 fully saturated rings. The number of thiazole rings is 1. The quantitative estimate of drug-likeness (QED) is 0.515. The molecule has 0 aliphatic carbocycles. The fourth-order valence-electron chi connectivity index (χ4n) is 2.82. The van der Waals surface area contributed by atoms with E-state index in [2.05, 4.69) is 15.3 Å². The van der Waals surface area contributed by atoms with Gasteiger partial charge in [-0.1, -0.05) is 42.5 Å². The SMILES string of the molecule is Cc1nc(-c2ccccn2)sc1C(=O)N[C@H](c1ccccc1)c1cccs1. The van der Waals surface area contributed by atoms with Gasteiger partial charge >= 0.3 is 0 Å². The number of hydrogen-bond acceptors (Lipinski definition) is 5. The molecule has 0 aliphatic heterocycles. The van der Waals surface area contributed by atoms with E-state index in [4.69, 9.17) is 0 Å². The van der Waals surface area contributed by atoms with Gasteiger partial charge in [-0.15, -0.1) is 22.7 Å². The Kier molecular flexibility index (Phi) is 5.09. The summed E-state index contributed by atoms with van der Waals surface area (Å²) in [5, 5.41) is 5.96. The van der Waals surface area contributed by atoms with Gasteiger partial charge in [-0.2, -0.15) is 0 Å². The number of hydrogen-bond donors (Lipinski definition) is 1. The maximum atomic E-state index is 13.0. The number of pyridine rings is 1. The Balaban J connectivity index is 1.63. The molecule has 0 radical (unpaired) electrons. The normalized spacial score (nSPS) is 11.9. The van der Waals surface area contributed by atoms with Crippen molar-refractivity contribution in [3.63, 3.8) is 0 Å². The number of rotatable bonds is 5. The smallest absolute Gasteiger partial charge is 0.264 e. The first-order chi connectivity index (χ1) is 13.2. The predicted octanol–water partition coefficient (Wildman–Crippen LogP) is 5.09.